The van der Waals surface area contributed by atoms with Crippen molar-refractivity contribution in [3.8, 4) is 0 Å². The highest BCUT2D eigenvalue weighted by molar-refractivity contribution is 6.35. The highest BCUT2D eigenvalue weighted by Gasteiger charge is 2.25. The number of halogens is 1. The van der Waals surface area contributed by atoms with E-state index in [9.17, 15) is 4.79 Å². The van der Waals surface area contributed by atoms with Crippen LogP contribution in [0.5, 0.6) is 0 Å². The number of nitrogens with one attached hydrogen (secondary N) is 1. The molecule has 3 rings (SSSR count). The molecule has 1 N–H and O–H groups in total. The minimum Gasteiger partial charge on any atom is -0.462 e. The second kappa shape index (κ2) is 7.39. The quantitative estimate of drug-likeness (QED) is 0.786. The molecule has 1 aromatic carbocycles. The van der Waals surface area contributed by atoms with Crippen molar-refractivity contribution in [1.82, 2.24) is 4.98 Å². The molecule has 2 unspecified atom stereocenters. The van der Waals surface area contributed by atoms with E-state index in [2.05, 4.69) is 17.2 Å². The average molecular weight is 347 g/mol. The summed E-state index contributed by atoms with van der Waals surface area (Å²) in [5, 5.41) is 5.06. The van der Waals surface area contributed by atoms with Crippen LogP contribution in [0.3, 0.4) is 0 Å². The fourth-order valence-corrected chi connectivity index (χ4v) is 3.65. The first-order valence-electron chi connectivity index (χ1n) is 8.62. The van der Waals surface area contributed by atoms with E-state index in [4.69, 9.17) is 16.3 Å². The molecule has 4 nitrogen and oxygen atoms in total. The molecule has 0 amide bonds. The molecular weight excluding hydrogens is 324 g/mol. The number of carbonyl (C=O) groups is 1. The summed E-state index contributed by atoms with van der Waals surface area (Å²) in [4.78, 5) is 16.8. The van der Waals surface area contributed by atoms with Crippen LogP contribution in [0.15, 0.2) is 24.4 Å². The van der Waals surface area contributed by atoms with Crippen molar-refractivity contribution in [2.24, 2.45) is 5.92 Å². The van der Waals surface area contributed by atoms with E-state index >= 15 is 0 Å². The molecule has 1 aliphatic rings. The molecule has 0 radical (unpaired) electrons. The molecule has 0 aliphatic heterocycles. The average Bonchev–Trinajstić information content (AvgIpc) is 2.58. The third-order valence-electron chi connectivity index (χ3n) is 4.78. The fraction of sp³-hybridized carbons (Fsp3) is 0.474. The maximum atomic E-state index is 12.4. The normalized spacial score (nSPS) is 20.8. The van der Waals surface area contributed by atoms with Crippen molar-refractivity contribution in [1.29, 1.82) is 0 Å². The number of carbonyl (C=O) groups excluding carboxylic acids is 1. The van der Waals surface area contributed by atoms with Gasteiger partial charge in [-0.25, -0.2) is 4.79 Å². The Hall–Kier alpha value is -1.81. The lowest BCUT2D eigenvalue weighted by atomic mass is 9.85. The van der Waals surface area contributed by atoms with Gasteiger partial charge >= 0.3 is 5.97 Å². The number of para-hydroxylation sites is 1. The van der Waals surface area contributed by atoms with Crippen LogP contribution in [0, 0.1) is 5.92 Å². The number of rotatable bonds is 4. The number of esters is 1. The van der Waals surface area contributed by atoms with Gasteiger partial charge in [-0.2, -0.15) is 0 Å². The molecule has 2 aromatic rings. The summed E-state index contributed by atoms with van der Waals surface area (Å²) < 4.78 is 5.21. The van der Waals surface area contributed by atoms with Gasteiger partial charge < -0.3 is 10.1 Å². The van der Waals surface area contributed by atoms with Gasteiger partial charge in [-0.05, 0) is 31.7 Å². The smallest absolute Gasteiger partial charge is 0.341 e. The largest absolute Gasteiger partial charge is 0.462 e. The van der Waals surface area contributed by atoms with Gasteiger partial charge in [-0.15, -0.1) is 0 Å². The maximum absolute atomic E-state index is 12.4. The molecule has 1 saturated carbocycles. The van der Waals surface area contributed by atoms with Crippen LogP contribution < -0.4 is 5.32 Å². The van der Waals surface area contributed by atoms with Gasteiger partial charge in [0.1, 0.15) is 5.56 Å². The molecule has 24 heavy (non-hydrogen) atoms. The van der Waals surface area contributed by atoms with Crippen molar-refractivity contribution in [2.45, 2.75) is 45.6 Å². The molecule has 0 saturated heterocycles. The Bertz CT molecular complexity index is 747. The first kappa shape index (κ1) is 17.0. The first-order chi connectivity index (χ1) is 11.6. The van der Waals surface area contributed by atoms with Crippen molar-refractivity contribution in [2.75, 3.05) is 11.9 Å². The first-order valence-corrected chi connectivity index (χ1v) is 9.00. The summed E-state index contributed by atoms with van der Waals surface area (Å²) in [6.45, 7) is 4.41. The molecule has 2 atom stereocenters. The van der Waals surface area contributed by atoms with Gasteiger partial charge in [0.2, 0.25) is 0 Å². The van der Waals surface area contributed by atoms with Gasteiger partial charge in [0.25, 0.3) is 0 Å². The zero-order chi connectivity index (χ0) is 17.1. The molecule has 0 spiro atoms. The topological polar surface area (TPSA) is 51.2 Å². The van der Waals surface area contributed by atoms with Gasteiger partial charge in [0, 0.05) is 17.6 Å². The number of hydrogen-bond acceptors (Lipinski definition) is 4. The number of ether oxygens (including phenoxy) is 1. The minimum absolute atomic E-state index is 0.339. The Balaban J connectivity index is 2.08. The summed E-state index contributed by atoms with van der Waals surface area (Å²) in [7, 11) is 0. The summed E-state index contributed by atoms with van der Waals surface area (Å²) >= 11 is 6.29. The molecule has 128 valence electrons. The monoisotopic (exact) mass is 346 g/mol. The van der Waals surface area contributed by atoms with E-state index in [1.165, 1.54) is 19.3 Å². The molecule has 1 aliphatic carbocycles. The van der Waals surface area contributed by atoms with E-state index in [1.54, 1.807) is 13.1 Å². The number of aromatic nitrogens is 1. The van der Waals surface area contributed by atoms with Crippen LogP contribution >= 0.6 is 11.6 Å². The summed E-state index contributed by atoms with van der Waals surface area (Å²) in [6.07, 6.45) is 6.36. The molecule has 0 bridgehead atoms. The molecule has 1 heterocycles. The van der Waals surface area contributed by atoms with Crippen LogP contribution in [-0.2, 0) is 4.74 Å². The Morgan fingerprint density at radius 2 is 2.17 bits per heavy atom. The highest BCUT2D eigenvalue weighted by atomic mass is 35.5. The molecule has 5 heteroatoms. The lowest BCUT2D eigenvalue weighted by Gasteiger charge is -2.31. The SMILES string of the molecule is CCOC(=O)c1cnc2c(Cl)cccc2c1NC1CCCCC1C. The number of fused-ring (bicyclic) bond motifs is 1. The second-order valence-electron chi connectivity index (χ2n) is 6.42. The Morgan fingerprint density at radius 1 is 1.38 bits per heavy atom. The maximum Gasteiger partial charge on any atom is 0.341 e. The van der Waals surface area contributed by atoms with Gasteiger partial charge in [0.05, 0.1) is 22.8 Å². The number of pyridine rings is 1. The zero-order valence-electron chi connectivity index (χ0n) is 14.1. The van der Waals surface area contributed by atoms with Gasteiger partial charge in [-0.3, -0.25) is 4.98 Å². The van der Waals surface area contributed by atoms with Crippen molar-refractivity contribution in [3.05, 3.63) is 35.0 Å². The number of nitrogens with zero attached hydrogens (tertiary/aromatic N) is 1. The predicted molar refractivity (Wildman–Crippen MR) is 97.8 cm³/mol. The Labute approximate surface area is 147 Å². The molecule has 1 aromatic heterocycles. The third kappa shape index (κ3) is 3.34. The zero-order valence-corrected chi connectivity index (χ0v) is 14.9. The number of anilines is 1. The van der Waals surface area contributed by atoms with Crippen LogP contribution in [-0.4, -0.2) is 23.6 Å². The van der Waals surface area contributed by atoms with E-state index in [0.717, 1.165) is 17.5 Å². The second-order valence-corrected chi connectivity index (χ2v) is 6.82. The molecular formula is C19H23ClN2O2. The van der Waals surface area contributed by atoms with Crippen molar-refractivity contribution < 1.29 is 9.53 Å². The van der Waals surface area contributed by atoms with E-state index < -0.39 is 0 Å². The van der Waals surface area contributed by atoms with Crippen molar-refractivity contribution in [3.63, 3.8) is 0 Å². The summed E-state index contributed by atoms with van der Waals surface area (Å²) in [5.74, 6) is 0.217. The Morgan fingerprint density at radius 3 is 2.92 bits per heavy atom. The van der Waals surface area contributed by atoms with Gasteiger partial charge in [-0.1, -0.05) is 43.5 Å². The van der Waals surface area contributed by atoms with E-state index in [-0.39, 0.29) is 5.97 Å². The van der Waals surface area contributed by atoms with E-state index in [1.807, 2.05) is 18.2 Å². The lowest BCUT2D eigenvalue weighted by molar-refractivity contribution is 0.0527. The predicted octanol–water partition coefficient (Wildman–Crippen LogP) is 5.06. The third-order valence-corrected chi connectivity index (χ3v) is 5.09. The minimum atomic E-state index is -0.349. The van der Waals surface area contributed by atoms with Gasteiger partial charge in [0.15, 0.2) is 0 Å². The summed E-state index contributed by atoms with van der Waals surface area (Å²) in [6, 6.07) is 5.99. The van der Waals surface area contributed by atoms with Crippen LogP contribution in [0.2, 0.25) is 5.02 Å². The lowest BCUT2D eigenvalue weighted by Crippen LogP contribution is -2.31. The molecule has 1 fully saturated rings. The Kier molecular flexibility index (Phi) is 5.24. The highest BCUT2D eigenvalue weighted by Crippen LogP contribution is 2.34. The summed E-state index contributed by atoms with van der Waals surface area (Å²) in [5.41, 5.74) is 1.97. The van der Waals surface area contributed by atoms with E-state index in [0.29, 0.717) is 34.7 Å². The number of hydrogen-bond donors (Lipinski definition) is 1. The van der Waals surface area contributed by atoms with Crippen molar-refractivity contribution >= 4 is 34.2 Å². The van der Waals surface area contributed by atoms with Crippen LogP contribution in [0.1, 0.15) is 49.9 Å². The standard InChI is InChI=1S/C19H23ClN2O2/c1-3-24-19(23)14-11-21-18-13(8-6-9-15(18)20)17(14)22-16-10-5-4-7-12(16)2/h6,8-9,11-12,16H,3-5,7,10H2,1-2H3,(H,21,22). The van der Waals surface area contributed by atoms with Crippen LogP contribution in [0.25, 0.3) is 10.9 Å². The number of benzene rings is 1. The van der Waals surface area contributed by atoms with Crippen LogP contribution in [0.4, 0.5) is 5.69 Å². The fourth-order valence-electron chi connectivity index (χ4n) is 3.42.